The van der Waals surface area contributed by atoms with Gasteiger partial charge < -0.3 is 9.64 Å². The molecule has 1 aromatic rings. The van der Waals surface area contributed by atoms with Crippen LogP contribution < -0.4 is 4.74 Å². The van der Waals surface area contributed by atoms with Crippen molar-refractivity contribution in [2.45, 2.75) is 27.2 Å². The summed E-state index contributed by atoms with van der Waals surface area (Å²) in [6.45, 7) is 8.73. The molecule has 114 valence electrons. The van der Waals surface area contributed by atoms with Crippen LogP contribution in [-0.4, -0.2) is 30.5 Å². The maximum atomic E-state index is 12.3. The Hall–Kier alpha value is -1.77. The van der Waals surface area contributed by atoms with E-state index in [1.807, 2.05) is 42.2 Å². The van der Waals surface area contributed by atoms with E-state index in [0.717, 1.165) is 24.4 Å². The molecule has 1 aromatic carbocycles. The van der Waals surface area contributed by atoms with Crippen LogP contribution in [0.5, 0.6) is 5.75 Å². The SMILES string of the molecule is CCOc1ccccc1/C=C/C(=O)N1CC(C)CC(C)C1. The Morgan fingerprint density at radius 3 is 2.62 bits per heavy atom. The van der Waals surface area contributed by atoms with Crippen LogP contribution in [-0.2, 0) is 4.79 Å². The fourth-order valence-corrected chi connectivity index (χ4v) is 3.01. The Kier molecular flexibility index (Phi) is 5.43. The lowest BCUT2D eigenvalue weighted by Crippen LogP contribution is -2.41. The van der Waals surface area contributed by atoms with Crippen LogP contribution in [0.2, 0.25) is 0 Å². The molecule has 1 heterocycles. The lowest BCUT2D eigenvalue weighted by molar-refractivity contribution is -0.128. The zero-order valence-electron chi connectivity index (χ0n) is 13.2. The Balaban J connectivity index is 2.05. The molecule has 0 spiro atoms. The third-order valence-corrected chi connectivity index (χ3v) is 3.80. The van der Waals surface area contributed by atoms with E-state index in [1.165, 1.54) is 6.42 Å². The summed E-state index contributed by atoms with van der Waals surface area (Å²) in [4.78, 5) is 14.3. The molecule has 0 bridgehead atoms. The first-order valence-electron chi connectivity index (χ1n) is 7.79. The summed E-state index contributed by atoms with van der Waals surface area (Å²) in [7, 11) is 0. The highest BCUT2D eigenvalue weighted by Crippen LogP contribution is 2.22. The molecule has 1 saturated heterocycles. The van der Waals surface area contributed by atoms with Gasteiger partial charge in [0.25, 0.3) is 0 Å². The van der Waals surface area contributed by atoms with Crippen molar-refractivity contribution in [1.29, 1.82) is 0 Å². The Labute approximate surface area is 127 Å². The zero-order chi connectivity index (χ0) is 15.2. The number of hydrogen-bond donors (Lipinski definition) is 0. The van der Waals surface area contributed by atoms with Crippen LogP contribution in [0.4, 0.5) is 0 Å². The molecule has 2 rings (SSSR count). The van der Waals surface area contributed by atoms with E-state index in [-0.39, 0.29) is 5.91 Å². The molecule has 21 heavy (non-hydrogen) atoms. The van der Waals surface area contributed by atoms with Crippen molar-refractivity contribution >= 4 is 12.0 Å². The summed E-state index contributed by atoms with van der Waals surface area (Å²) in [5.74, 6) is 2.09. The first-order valence-corrected chi connectivity index (χ1v) is 7.79. The van der Waals surface area contributed by atoms with Crippen molar-refractivity contribution < 1.29 is 9.53 Å². The van der Waals surface area contributed by atoms with Crippen molar-refractivity contribution in [3.8, 4) is 5.75 Å². The monoisotopic (exact) mass is 287 g/mol. The van der Waals surface area contributed by atoms with Gasteiger partial charge in [-0.15, -0.1) is 0 Å². The Bertz CT molecular complexity index is 500. The molecule has 1 aliphatic rings. The summed E-state index contributed by atoms with van der Waals surface area (Å²) in [6, 6.07) is 7.80. The fourth-order valence-electron chi connectivity index (χ4n) is 3.01. The van der Waals surface area contributed by atoms with Gasteiger partial charge in [0.05, 0.1) is 6.61 Å². The molecule has 3 nitrogen and oxygen atoms in total. The maximum absolute atomic E-state index is 12.3. The average Bonchev–Trinajstić information content (AvgIpc) is 2.45. The minimum absolute atomic E-state index is 0.0969. The highest BCUT2D eigenvalue weighted by atomic mass is 16.5. The van der Waals surface area contributed by atoms with E-state index in [0.29, 0.717) is 18.4 Å². The first kappa shape index (κ1) is 15.6. The van der Waals surface area contributed by atoms with Crippen molar-refractivity contribution in [1.82, 2.24) is 4.90 Å². The van der Waals surface area contributed by atoms with Gasteiger partial charge in [0.15, 0.2) is 0 Å². The van der Waals surface area contributed by atoms with Gasteiger partial charge in [0.2, 0.25) is 5.91 Å². The maximum Gasteiger partial charge on any atom is 0.246 e. The van der Waals surface area contributed by atoms with Gasteiger partial charge in [-0.3, -0.25) is 4.79 Å². The minimum Gasteiger partial charge on any atom is -0.493 e. The van der Waals surface area contributed by atoms with Crippen LogP contribution in [0.1, 0.15) is 32.8 Å². The molecule has 3 heteroatoms. The van der Waals surface area contributed by atoms with Gasteiger partial charge in [-0.05, 0) is 37.3 Å². The smallest absolute Gasteiger partial charge is 0.246 e. The van der Waals surface area contributed by atoms with E-state index >= 15 is 0 Å². The average molecular weight is 287 g/mol. The molecule has 0 aromatic heterocycles. The number of nitrogens with zero attached hydrogens (tertiary/aromatic N) is 1. The second-order valence-electron chi connectivity index (χ2n) is 5.99. The first-order chi connectivity index (χ1) is 10.1. The highest BCUT2D eigenvalue weighted by molar-refractivity contribution is 5.92. The standard InChI is InChI=1S/C18H25NO2/c1-4-21-17-8-6-5-7-16(17)9-10-18(20)19-12-14(2)11-15(3)13-19/h5-10,14-15H,4,11-13H2,1-3H3/b10-9+. The number of piperidine rings is 1. The van der Waals surface area contributed by atoms with Crippen molar-refractivity contribution in [3.05, 3.63) is 35.9 Å². The summed E-state index contributed by atoms with van der Waals surface area (Å²) >= 11 is 0. The molecular weight excluding hydrogens is 262 g/mol. The number of carbonyl (C=O) groups is 1. The number of rotatable bonds is 4. The number of benzene rings is 1. The van der Waals surface area contributed by atoms with E-state index < -0.39 is 0 Å². The molecular formula is C18H25NO2. The zero-order valence-corrected chi connectivity index (χ0v) is 13.2. The van der Waals surface area contributed by atoms with Gasteiger partial charge in [0.1, 0.15) is 5.75 Å². The van der Waals surface area contributed by atoms with Gasteiger partial charge >= 0.3 is 0 Å². The molecule has 2 unspecified atom stereocenters. The van der Waals surface area contributed by atoms with Gasteiger partial charge in [0, 0.05) is 24.7 Å². The summed E-state index contributed by atoms with van der Waals surface area (Å²) in [5.41, 5.74) is 0.950. The van der Waals surface area contributed by atoms with E-state index in [4.69, 9.17) is 4.74 Å². The third kappa shape index (κ3) is 4.35. The number of hydrogen-bond acceptors (Lipinski definition) is 2. The van der Waals surface area contributed by atoms with E-state index in [2.05, 4.69) is 13.8 Å². The number of amides is 1. The van der Waals surface area contributed by atoms with Gasteiger partial charge in [-0.25, -0.2) is 0 Å². The van der Waals surface area contributed by atoms with E-state index in [9.17, 15) is 4.79 Å². The number of carbonyl (C=O) groups excluding carboxylic acids is 1. The predicted molar refractivity (Wildman–Crippen MR) is 86.2 cm³/mol. The van der Waals surface area contributed by atoms with Gasteiger partial charge in [-0.1, -0.05) is 32.0 Å². The second-order valence-corrected chi connectivity index (χ2v) is 5.99. The molecule has 0 N–H and O–H groups in total. The van der Waals surface area contributed by atoms with Crippen molar-refractivity contribution in [2.75, 3.05) is 19.7 Å². The lowest BCUT2D eigenvalue weighted by Gasteiger charge is -2.34. The lowest BCUT2D eigenvalue weighted by atomic mass is 9.92. The number of para-hydroxylation sites is 1. The number of ether oxygens (including phenoxy) is 1. The Morgan fingerprint density at radius 1 is 1.29 bits per heavy atom. The molecule has 0 saturated carbocycles. The quantitative estimate of drug-likeness (QED) is 0.792. The van der Waals surface area contributed by atoms with E-state index in [1.54, 1.807) is 6.08 Å². The van der Waals surface area contributed by atoms with Gasteiger partial charge in [-0.2, -0.15) is 0 Å². The molecule has 1 aliphatic heterocycles. The van der Waals surface area contributed by atoms with Crippen LogP contribution >= 0.6 is 0 Å². The van der Waals surface area contributed by atoms with Crippen molar-refractivity contribution in [3.63, 3.8) is 0 Å². The summed E-state index contributed by atoms with van der Waals surface area (Å²) in [6.07, 6.45) is 4.74. The normalized spacial score (nSPS) is 22.5. The largest absolute Gasteiger partial charge is 0.493 e. The molecule has 0 radical (unpaired) electrons. The molecule has 2 atom stereocenters. The summed E-state index contributed by atoms with van der Waals surface area (Å²) in [5, 5.41) is 0. The van der Waals surface area contributed by atoms with Crippen molar-refractivity contribution in [2.24, 2.45) is 11.8 Å². The Morgan fingerprint density at radius 2 is 1.95 bits per heavy atom. The fraction of sp³-hybridized carbons (Fsp3) is 0.500. The predicted octanol–water partition coefficient (Wildman–Crippen LogP) is 3.60. The molecule has 0 aliphatic carbocycles. The highest BCUT2D eigenvalue weighted by Gasteiger charge is 2.23. The van der Waals surface area contributed by atoms with Crippen LogP contribution in [0.25, 0.3) is 6.08 Å². The second kappa shape index (κ2) is 7.30. The summed E-state index contributed by atoms with van der Waals surface area (Å²) < 4.78 is 5.57. The minimum atomic E-state index is 0.0969. The van der Waals surface area contributed by atoms with Crippen LogP contribution in [0.3, 0.4) is 0 Å². The molecule has 1 amide bonds. The third-order valence-electron chi connectivity index (χ3n) is 3.80. The molecule has 1 fully saturated rings. The number of likely N-dealkylation sites (tertiary alicyclic amines) is 1. The van der Waals surface area contributed by atoms with Crippen LogP contribution in [0, 0.1) is 11.8 Å². The topological polar surface area (TPSA) is 29.5 Å². The van der Waals surface area contributed by atoms with Crippen LogP contribution in [0.15, 0.2) is 30.3 Å².